The smallest absolute Gasteiger partial charge is 0.164 e. The topological polar surface area (TPSA) is 30.7 Å². The van der Waals surface area contributed by atoms with Gasteiger partial charge in [0.05, 0.1) is 5.88 Å². The van der Waals surface area contributed by atoms with Crippen molar-refractivity contribution in [1.29, 1.82) is 0 Å². The minimum absolute atomic E-state index is 0.400. The van der Waals surface area contributed by atoms with E-state index in [1.807, 2.05) is 0 Å². The molecule has 2 rings (SSSR count). The number of nitrogens with zero attached hydrogens (tertiary/aromatic N) is 3. The Hall–Kier alpha value is -1.35. The van der Waals surface area contributed by atoms with E-state index < -0.39 is 0 Å². The molecule has 0 atom stereocenters. The van der Waals surface area contributed by atoms with Gasteiger partial charge in [0.25, 0.3) is 0 Å². The van der Waals surface area contributed by atoms with Crippen LogP contribution in [0.25, 0.3) is 11.4 Å². The Balaban J connectivity index is 2.62. The molecule has 0 unspecified atom stereocenters. The van der Waals surface area contributed by atoms with Gasteiger partial charge in [-0.05, 0) is 38.3 Å². The zero-order valence-corrected chi connectivity index (χ0v) is 12.8. The van der Waals surface area contributed by atoms with Crippen LogP contribution in [-0.4, -0.2) is 14.8 Å². The third-order valence-corrected chi connectivity index (χ3v) is 3.53. The Morgan fingerprint density at radius 3 is 2.26 bits per heavy atom. The predicted octanol–water partition coefficient (Wildman–Crippen LogP) is 4.02. The number of alkyl halides is 1. The molecule has 1 aromatic carbocycles. The maximum Gasteiger partial charge on any atom is 0.164 e. The quantitative estimate of drug-likeness (QED) is 0.790. The summed E-state index contributed by atoms with van der Waals surface area (Å²) in [6, 6.07) is 4.38. The van der Waals surface area contributed by atoms with Crippen LogP contribution < -0.4 is 0 Å². The lowest BCUT2D eigenvalue weighted by Crippen LogP contribution is -2.05. The number of benzene rings is 1. The fourth-order valence-electron chi connectivity index (χ4n) is 2.61. The molecule has 1 aromatic heterocycles. The second kappa shape index (κ2) is 5.74. The van der Waals surface area contributed by atoms with E-state index in [-0.39, 0.29) is 0 Å². The monoisotopic (exact) mass is 277 g/mol. The van der Waals surface area contributed by atoms with Crippen molar-refractivity contribution in [3.05, 3.63) is 34.6 Å². The van der Waals surface area contributed by atoms with Crippen molar-refractivity contribution >= 4 is 11.6 Å². The second-order valence-corrected chi connectivity index (χ2v) is 5.27. The highest BCUT2D eigenvalue weighted by Gasteiger charge is 2.16. The highest BCUT2D eigenvalue weighted by Crippen LogP contribution is 2.28. The number of aryl methyl sites for hydroxylation is 3. The van der Waals surface area contributed by atoms with Crippen molar-refractivity contribution in [1.82, 2.24) is 14.8 Å². The first-order chi connectivity index (χ1) is 9.08. The molecule has 2 aromatic rings. The summed E-state index contributed by atoms with van der Waals surface area (Å²) in [5, 5.41) is 8.57. The first kappa shape index (κ1) is 14.1. The Kier molecular flexibility index (Phi) is 4.25. The first-order valence-electron chi connectivity index (χ1n) is 6.64. The van der Waals surface area contributed by atoms with E-state index in [1.54, 1.807) is 0 Å². The fourth-order valence-corrected chi connectivity index (χ4v) is 2.81. The number of aromatic nitrogens is 3. The van der Waals surface area contributed by atoms with Gasteiger partial charge in [0.2, 0.25) is 0 Å². The predicted molar refractivity (Wildman–Crippen MR) is 79.5 cm³/mol. The summed E-state index contributed by atoms with van der Waals surface area (Å²) in [6.45, 7) is 9.42. The van der Waals surface area contributed by atoms with Gasteiger partial charge < -0.3 is 4.57 Å². The highest BCUT2D eigenvalue weighted by molar-refractivity contribution is 6.16. The van der Waals surface area contributed by atoms with Crippen LogP contribution in [0.5, 0.6) is 0 Å². The maximum atomic E-state index is 5.95. The largest absolute Gasteiger partial charge is 0.310 e. The molecule has 0 saturated carbocycles. The van der Waals surface area contributed by atoms with Gasteiger partial charge in [0.1, 0.15) is 5.82 Å². The van der Waals surface area contributed by atoms with E-state index in [0.29, 0.717) is 5.88 Å². The van der Waals surface area contributed by atoms with Crippen molar-refractivity contribution < 1.29 is 0 Å². The van der Waals surface area contributed by atoms with Gasteiger partial charge in [-0.15, -0.1) is 21.8 Å². The molecule has 102 valence electrons. The molecule has 0 aliphatic rings. The summed E-state index contributed by atoms with van der Waals surface area (Å²) in [6.07, 6.45) is 1.04. The number of hydrogen-bond donors (Lipinski definition) is 0. The van der Waals surface area contributed by atoms with Crippen LogP contribution in [0.15, 0.2) is 12.1 Å². The van der Waals surface area contributed by atoms with E-state index in [1.165, 1.54) is 22.3 Å². The molecule has 0 saturated heterocycles. The average molecular weight is 278 g/mol. The standard InChI is InChI=1S/C15H20ClN3/c1-5-6-19-13(9-16)17-18-15(19)14-11(3)7-10(2)8-12(14)4/h7-8H,5-6,9H2,1-4H3. The lowest BCUT2D eigenvalue weighted by molar-refractivity contribution is 0.659. The molecule has 0 amide bonds. The molecule has 19 heavy (non-hydrogen) atoms. The van der Waals surface area contributed by atoms with Crippen LogP contribution in [0.3, 0.4) is 0 Å². The second-order valence-electron chi connectivity index (χ2n) is 5.00. The molecule has 0 N–H and O–H groups in total. The Morgan fingerprint density at radius 1 is 1.11 bits per heavy atom. The zero-order chi connectivity index (χ0) is 14.0. The van der Waals surface area contributed by atoms with Gasteiger partial charge in [-0.3, -0.25) is 0 Å². The lowest BCUT2D eigenvalue weighted by Gasteiger charge is -2.13. The van der Waals surface area contributed by atoms with E-state index >= 15 is 0 Å². The van der Waals surface area contributed by atoms with Gasteiger partial charge in [-0.25, -0.2) is 0 Å². The van der Waals surface area contributed by atoms with Crippen molar-refractivity contribution in [3.8, 4) is 11.4 Å². The summed E-state index contributed by atoms with van der Waals surface area (Å²) in [5.41, 5.74) is 4.94. The zero-order valence-electron chi connectivity index (χ0n) is 12.0. The molecule has 0 radical (unpaired) electrons. The maximum absolute atomic E-state index is 5.95. The number of halogens is 1. The average Bonchev–Trinajstić information content (AvgIpc) is 2.72. The molecule has 0 bridgehead atoms. The van der Waals surface area contributed by atoms with Crippen LogP contribution in [0.2, 0.25) is 0 Å². The Labute approximate surface area is 119 Å². The van der Waals surface area contributed by atoms with E-state index in [9.17, 15) is 0 Å². The normalized spacial score (nSPS) is 11.0. The van der Waals surface area contributed by atoms with Crippen LogP contribution in [-0.2, 0) is 12.4 Å². The van der Waals surface area contributed by atoms with Gasteiger partial charge in [0, 0.05) is 12.1 Å². The minimum atomic E-state index is 0.400. The third kappa shape index (κ3) is 2.66. The summed E-state index contributed by atoms with van der Waals surface area (Å²) in [7, 11) is 0. The van der Waals surface area contributed by atoms with E-state index in [4.69, 9.17) is 11.6 Å². The van der Waals surface area contributed by atoms with Crippen LogP contribution in [0, 0.1) is 20.8 Å². The van der Waals surface area contributed by atoms with Crippen LogP contribution in [0.1, 0.15) is 35.9 Å². The van der Waals surface area contributed by atoms with Crippen LogP contribution >= 0.6 is 11.6 Å². The van der Waals surface area contributed by atoms with Crippen molar-refractivity contribution in [3.63, 3.8) is 0 Å². The summed E-state index contributed by atoms with van der Waals surface area (Å²) < 4.78 is 2.14. The van der Waals surface area contributed by atoms with Gasteiger partial charge in [-0.2, -0.15) is 0 Å². The first-order valence-corrected chi connectivity index (χ1v) is 7.18. The molecule has 4 heteroatoms. The molecule has 0 aliphatic heterocycles. The fraction of sp³-hybridized carbons (Fsp3) is 0.467. The molecule has 0 aliphatic carbocycles. The van der Waals surface area contributed by atoms with E-state index in [2.05, 4.69) is 54.6 Å². The number of hydrogen-bond acceptors (Lipinski definition) is 2. The molecule has 0 fully saturated rings. The number of rotatable bonds is 4. The Bertz CT molecular complexity index is 564. The minimum Gasteiger partial charge on any atom is -0.310 e. The molecule has 1 heterocycles. The molecule has 3 nitrogen and oxygen atoms in total. The van der Waals surface area contributed by atoms with Crippen molar-refractivity contribution in [2.75, 3.05) is 0 Å². The molecule has 0 spiro atoms. The van der Waals surface area contributed by atoms with Crippen LogP contribution in [0.4, 0.5) is 0 Å². The van der Waals surface area contributed by atoms with Gasteiger partial charge >= 0.3 is 0 Å². The summed E-state index contributed by atoms with van der Waals surface area (Å²) in [5.74, 6) is 2.18. The Morgan fingerprint density at radius 2 is 1.74 bits per heavy atom. The third-order valence-electron chi connectivity index (χ3n) is 3.29. The SMILES string of the molecule is CCCn1c(CCl)nnc1-c1c(C)cc(C)cc1C. The molecular weight excluding hydrogens is 258 g/mol. The van der Waals surface area contributed by atoms with Crippen molar-refractivity contribution in [2.45, 2.75) is 46.5 Å². The highest BCUT2D eigenvalue weighted by atomic mass is 35.5. The molecular formula is C15H20ClN3. The van der Waals surface area contributed by atoms with Gasteiger partial charge in [-0.1, -0.05) is 24.6 Å². The lowest BCUT2D eigenvalue weighted by atomic mass is 9.99. The summed E-state index contributed by atoms with van der Waals surface area (Å²) >= 11 is 5.95. The van der Waals surface area contributed by atoms with Gasteiger partial charge in [0.15, 0.2) is 5.82 Å². The summed E-state index contributed by atoms with van der Waals surface area (Å²) in [4.78, 5) is 0. The van der Waals surface area contributed by atoms with E-state index in [0.717, 1.165) is 24.6 Å². The van der Waals surface area contributed by atoms with Crippen molar-refractivity contribution in [2.24, 2.45) is 0 Å².